The van der Waals surface area contributed by atoms with E-state index in [-0.39, 0.29) is 12.3 Å². The number of nitrogens with one attached hydrogen (secondary N) is 1. The van der Waals surface area contributed by atoms with E-state index in [0.29, 0.717) is 27.6 Å². The van der Waals surface area contributed by atoms with Gasteiger partial charge < -0.3 is 14.5 Å². The van der Waals surface area contributed by atoms with E-state index in [0.717, 1.165) is 16.6 Å². The van der Waals surface area contributed by atoms with E-state index in [4.69, 9.17) is 9.15 Å². The molecule has 6 nitrogen and oxygen atoms in total. The summed E-state index contributed by atoms with van der Waals surface area (Å²) in [4.78, 5) is 29.2. The number of fused-ring (bicyclic) bond motifs is 1. The van der Waals surface area contributed by atoms with Crippen LogP contribution in [0.5, 0.6) is 5.75 Å². The molecule has 0 atom stereocenters. The van der Waals surface area contributed by atoms with Crippen molar-refractivity contribution in [2.24, 2.45) is 0 Å². The van der Waals surface area contributed by atoms with Gasteiger partial charge in [0.15, 0.2) is 11.3 Å². The maximum atomic E-state index is 12.5. The number of carbonyl (C=O) groups excluding carboxylic acids is 1. The van der Waals surface area contributed by atoms with E-state index in [2.05, 4.69) is 10.3 Å². The summed E-state index contributed by atoms with van der Waals surface area (Å²) in [6.45, 7) is 1.99. The second-order valence-electron chi connectivity index (χ2n) is 6.54. The Kier molecular flexibility index (Phi) is 5.14. The molecule has 0 radical (unpaired) electrons. The zero-order valence-corrected chi connectivity index (χ0v) is 16.7. The fourth-order valence-electron chi connectivity index (χ4n) is 2.95. The lowest BCUT2D eigenvalue weighted by molar-refractivity contribution is -0.115. The van der Waals surface area contributed by atoms with Crippen LogP contribution in [-0.2, 0) is 11.2 Å². The topological polar surface area (TPSA) is 81.4 Å². The quantitative estimate of drug-likeness (QED) is 0.496. The molecule has 0 saturated heterocycles. The molecule has 2 heterocycles. The monoisotopic (exact) mass is 406 g/mol. The molecule has 7 heteroatoms. The number of amides is 1. The maximum absolute atomic E-state index is 12.5. The maximum Gasteiger partial charge on any atom is 0.345 e. The highest BCUT2D eigenvalue weighted by molar-refractivity contribution is 7.10. The zero-order valence-electron chi connectivity index (χ0n) is 15.9. The lowest BCUT2D eigenvalue weighted by Crippen LogP contribution is -2.14. The molecule has 0 aliphatic carbocycles. The summed E-state index contributed by atoms with van der Waals surface area (Å²) in [6, 6.07) is 14.7. The van der Waals surface area contributed by atoms with Crippen molar-refractivity contribution in [3.05, 3.63) is 74.9 Å². The number of aromatic nitrogens is 1. The minimum atomic E-state index is -0.497. The highest BCUT2D eigenvalue weighted by atomic mass is 32.1. The van der Waals surface area contributed by atoms with Gasteiger partial charge in [0, 0.05) is 16.5 Å². The van der Waals surface area contributed by atoms with Crippen molar-refractivity contribution >= 4 is 33.9 Å². The summed E-state index contributed by atoms with van der Waals surface area (Å²) >= 11 is 1.33. The second-order valence-corrected chi connectivity index (χ2v) is 7.49. The van der Waals surface area contributed by atoms with Crippen LogP contribution in [0.2, 0.25) is 0 Å². The molecule has 0 aliphatic rings. The molecule has 2 aromatic carbocycles. The number of rotatable bonds is 5. The molecule has 4 rings (SSSR count). The van der Waals surface area contributed by atoms with Crippen LogP contribution in [0.1, 0.15) is 10.6 Å². The first kappa shape index (κ1) is 18.9. The second kappa shape index (κ2) is 7.89. The third-order valence-electron chi connectivity index (χ3n) is 4.42. The van der Waals surface area contributed by atoms with Crippen LogP contribution in [-0.4, -0.2) is 18.0 Å². The average molecular weight is 406 g/mol. The largest absolute Gasteiger partial charge is 0.493 e. The summed E-state index contributed by atoms with van der Waals surface area (Å²) in [6.07, 6.45) is 0.130. The highest BCUT2D eigenvalue weighted by Crippen LogP contribution is 2.28. The highest BCUT2D eigenvalue weighted by Gasteiger charge is 2.15. The molecule has 1 amide bonds. The van der Waals surface area contributed by atoms with Crippen molar-refractivity contribution in [3.8, 4) is 17.0 Å². The molecule has 29 heavy (non-hydrogen) atoms. The molecule has 0 unspecified atom stereocenters. The molecule has 0 spiro atoms. The number of thiazole rings is 1. The average Bonchev–Trinajstić information content (AvgIpc) is 3.16. The number of anilines is 1. The molecule has 1 N–H and O–H groups in total. The van der Waals surface area contributed by atoms with Crippen molar-refractivity contribution in [1.82, 2.24) is 4.98 Å². The standard InChI is InChI=1S/C22H18N2O4S/c1-13-6-8-15(9-7-13)23-19(25)11-20-24-17(12-29-20)16-10-14-4-3-5-18(27-2)21(14)28-22(16)26/h3-10,12H,11H2,1-2H3,(H,23,25). The van der Waals surface area contributed by atoms with E-state index in [1.54, 1.807) is 17.5 Å². The molecule has 2 aromatic heterocycles. The normalized spacial score (nSPS) is 10.8. The van der Waals surface area contributed by atoms with Gasteiger partial charge in [-0.1, -0.05) is 29.8 Å². The molecular formula is C22H18N2O4S. The van der Waals surface area contributed by atoms with Crippen LogP contribution in [0.15, 0.2) is 63.1 Å². The molecule has 4 aromatic rings. The Hall–Kier alpha value is -3.45. The molecule has 0 saturated carbocycles. The van der Waals surface area contributed by atoms with E-state index in [9.17, 15) is 9.59 Å². The van der Waals surface area contributed by atoms with E-state index >= 15 is 0 Å². The summed E-state index contributed by atoms with van der Waals surface area (Å²) in [5.41, 5.74) is 2.61. The number of nitrogens with zero attached hydrogens (tertiary/aromatic N) is 1. The summed E-state index contributed by atoms with van der Waals surface area (Å²) in [5.74, 6) is 0.336. The van der Waals surface area contributed by atoms with Gasteiger partial charge in [-0.15, -0.1) is 11.3 Å². The molecule has 146 valence electrons. The number of carbonyl (C=O) groups is 1. The van der Waals surface area contributed by atoms with Gasteiger partial charge in [-0.3, -0.25) is 4.79 Å². The third-order valence-corrected chi connectivity index (χ3v) is 5.27. The Morgan fingerprint density at radius 3 is 2.76 bits per heavy atom. The van der Waals surface area contributed by atoms with Gasteiger partial charge in [0.05, 0.1) is 24.8 Å². The van der Waals surface area contributed by atoms with Crippen LogP contribution in [0.25, 0.3) is 22.2 Å². The fraction of sp³-hybridized carbons (Fsp3) is 0.136. The van der Waals surface area contributed by atoms with Crippen molar-refractivity contribution in [2.45, 2.75) is 13.3 Å². The first-order chi connectivity index (χ1) is 14.0. The van der Waals surface area contributed by atoms with Crippen LogP contribution in [0, 0.1) is 6.92 Å². The van der Waals surface area contributed by atoms with E-state index in [1.807, 2.05) is 43.3 Å². The predicted octanol–water partition coefficient (Wildman–Crippen LogP) is 4.41. The van der Waals surface area contributed by atoms with Gasteiger partial charge in [0.2, 0.25) is 5.91 Å². The Balaban J connectivity index is 1.56. The van der Waals surface area contributed by atoms with Crippen molar-refractivity contribution in [1.29, 1.82) is 0 Å². The number of benzene rings is 2. The number of hydrogen-bond donors (Lipinski definition) is 1. The van der Waals surface area contributed by atoms with Crippen molar-refractivity contribution in [3.63, 3.8) is 0 Å². The van der Waals surface area contributed by atoms with Crippen LogP contribution >= 0.6 is 11.3 Å². The lowest BCUT2D eigenvalue weighted by atomic mass is 10.1. The smallest absolute Gasteiger partial charge is 0.345 e. The number of aryl methyl sites for hydroxylation is 1. The van der Waals surface area contributed by atoms with Gasteiger partial charge in [0.1, 0.15) is 5.01 Å². The van der Waals surface area contributed by atoms with Crippen LogP contribution in [0.4, 0.5) is 5.69 Å². The Morgan fingerprint density at radius 1 is 1.21 bits per heavy atom. The van der Waals surface area contributed by atoms with Gasteiger partial charge >= 0.3 is 5.63 Å². The number of ether oxygens (including phenoxy) is 1. The van der Waals surface area contributed by atoms with Crippen molar-refractivity contribution < 1.29 is 13.9 Å². The SMILES string of the molecule is COc1cccc2cc(-c3csc(CC(=O)Nc4ccc(C)cc4)n3)c(=O)oc12. The van der Waals surface area contributed by atoms with Gasteiger partial charge in [-0.05, 0) is 31.2 Å². The van der Waals surface area contributed by atoms with E-state index in [1.165, 1.54) is 18.4 Å². The summed E-state index contributed by atoms with van der Waals surface area (Å²) in [5, 5.41) is 5.97. The van der Waals surface area contributed by atoms with E-state index < -0.39 is 5.63 Å². The number of para-hydroxylation sites is 1. The van der Waals surface area contributed by atoms with Crippen LogP contribution in [0.3, 0.4) is 0 Å². The molecule has 0 aliphatic heterocycles. The Morgan fingerprint density at radius 2 is 2.00 bits per heavy atom. The third kappa shape index (κ3) is 4.05. The Bertz CT molecular complexity index is 1240. The first-order valence-electron chi connectivity index (χ1n) is 8.95. The number of hydrogen-bond acceptors (Lipinski definition) is 6. The van der Waals surface area contributed by atoms with Gasteiger partial charge in [-0.2, -0.15) is 0 Å². The zero-order chi connectivity index (χ0) is 20.4. The number of methoxy groups -OCH3 is 1. The molecule has 0 fully saturated rings. The van der Waals surface area contributed by atoms with Crippen LogP contribution < -0.4 is 15.7 Å². The summed E-state index contributed by atoms with van der Waals surface area (Å²) < 4.78 is 10.7. The minimum Gasteiger partial charge on any atom is -0.493 e. The predicted molar refractivity (Wildman–Crippen MR) is 114 cm³/mol. The molecular weight excluding hydrogens is 388 g/mol. The Labute approximate surface area is 170 Å². The minimum absolute atomic E-state index is 0.130. The van der Waals surface area contributed by atoms with Crippen molar-refractivity contribution in [2.75, 3.05) is 12.4 Å². The molecule has 0 bridgehead atoms. The first-order valence-corrected chi connectivity index (χ1v) is 9.83. The van der Waals surface area contributed by atoms with Gasteiger partial charge in [0.25, 0.3) is 0 Å². The van der Waals surface area contributed by atoms with Gasteiger partial charge in [-0.25, -0.2) is 9.78 Å². The summed E-state index contributed by atoms with van der Waals surface area (Å²) in [7, 11) is 1.52. The lowest BCUT2D eigenvalue weighted by Gasteiger charge is -2.05. The fourth-order valence-corrected chi connectivity index (χ4v) is 3.75.